The molecule has 1 aliphatic heterocycles. The van der Waals surface area contributed by atoms with Crippen molar-refractivity contribution in [1.82, 2.24) is 24.4 Å². The van der Waals surface area contributed by atoms with Gasteiger partial charge in [-0.05, 0) is 55.8 Å². The summed E-state index contributed by atoms with van der Waals surface area (Å²) in [4.78, 5) is 9.21. The van der Waals surface area contributed by atoms with Gasteiger partial charge in [-0.1, -0.05) is 42.5 Å². The number of aromatic nitrogens is 3. The van der Waals surface area contributed by atoms with Crippen molar-refractivity contribution in [3.63, 3.8) is 0 Å². The largest absolute Gasteiger partial charge is 0.489 e. The standard InChI is InChI=1S/C27H32N6O/c1-31-13-15-32(16-14-31)12-6-10-23-18-25(26-27(28)29-20-30-33(23)26)22-9-5-11-24(17-22)34-19-21-7-3-2-4-8-21/h2-5,7-9,11,17-18,20H,6,10,12-16,19H2,1H3,(H2,28,29,30). The van der Waals surface area contributed by atoms with Crippen molar-refractivity contribution in [2.45, 2.75) is 19.4 Å². The first kappa shape index (κ1) is 22.4. The van der Waals surface area contributed by atoms with E-state index in [4.69, 9.17) is 10.5 Å². The fourth-order valence-corrected chi connectivity index (χ4v) is 4.58. The van der Waals surface area contributed by atoms with Crippen LogP contribution in [0.1, 0.15) is 17.7 Å². The van der Waals surface area contributed by atoms with Gasteiger partial charge in [0.05, 0.1) is 0 Å². The van der Waals surface area contributed by atoms with Gasteiger partial charge in [0.15, 0.2) is 5.82 Å². The van der Waals surface area contributed by atoms with Gasteiger partial charge < -0.3 is 20.3 Å². The number of fused-ring (bicyclic) bond motifs is 1. The van der Waals surface area contributed by atoms with E-state index in [2.05, 4.69) is 57.3 Å². The van der Waals surface area contributed by atoms with Gasteiger partial charge in [0.1, 0.15) is 24.2 Å². The maximum Gasteiger partial charge on any atom is 0.151 e. The van der Waals surface area contributed by atoms with Crippen LogP contribution in [0.15, 0.2) is 67.0 Å². The molecule has 0 spiro atoms. The Balaban J connectivity index is 1.35. The maximum atomic E-state index is 6.32. The van der Waals surface area contributed by atoms with Gasteiger partial charge in [-0.3, -0.25) is 0 Å². The fourth-order valence-electron chi connectivity index (χ4n) is 4.58. The highest BCUT2D eigenvalue weighted by Crippen LogP contribution is 2.32. The highest BCUT2D eigenvalue weighted by atomic mass is 16.5. The first-order valence-electron chi connectivity index (χ1n) is 12.0. The summed E-state index contributed by atoms with van der Waals surface area (Å²) in [6, 6.07) is 20.6. The summed E-state index contributed by atoms with van der Waals surface area (Å²) in [6.07, 6.45) is 3.56. The molecule has 0 atom stereocenters. The lowest BCUT2D eigenvalue weighted by atomic mass is 10.1. The van der Waals surface area contributed by atoms with Gasteiger partial charge in [-0.15, -0.1) is 0 Å². The molecule has 3 heterocycles. The quantitative estimate of drug-likeness (QED) is 0.436. The summed E-state index contributed by atoms with van der Waals surface area (Å²) in [5.41, 5.74) is 11.6. The third-order valence-electron chi connectivity index (χ3n) is 6.55. The zero-order valence-corrected chi connectivity index (χ0v) is 19.7. The molecule has 7 nitrogen and oxygen atoms in total. The monoisotopic (exact) mass is 456 g/mol. The highest BCUT2D eigenvalue weighted by molar-refractivity contribution is 5.88. The SMILES string of the molecule is CN1CCN(CCCc2cc(-c3cccc(OCc4ccccc4)c3)c3c(N)ncnn23)CC1. The number of benzene rings is 2. The Bertz CT molecular complexity index is 1230. The summed E-state index contributed by atoms with van der Waals surface area (Å²) >= 11 is 0. The summed E-state index contributed by atoms with van der Waals surface area (Å²) in [6.45, 7) is 6.20. The Morgan fingerprint density at radius 2 is 1.79 bits per heavy atom. The fraction of sp³-hybridized carbons (Fsp3) is 0.333. The van der Waals surface area contributed by atoms with Gasteiger partial charge in [-0.25, -0.2) is 9.50 Å². The van der Waals surface area contributed by atoms with E-state index in [1.165, 1.54) is 6.33 Å². The normalized spacial score (nSPS) is 15.1. The minimum absolute atomic E-state index is 0.492. The topological polar surface area (TPSA) is 71.9 Å². The Morgan fingerprint density at radius 1 is 0.971 bits per heavy atom. The first-order valence-corrected chi connectivity index (χ1v) is 12.0. The first-order chi connectivity index (χ1) is 16.7. The molecule has 2 N–H and O–H groups in total. The van der Waals surface area contributed by atoms with E-state index in [9.17, 15) is 0 Å². The summed E-state index contributed by atoms with van der Waals surface area (Å²) in [7, 11) is 2.19. The smallest absolute Gasteiger partial charge is 0.151 e. The molecule has 0 unspecified atom stereocenters. The van der Waals surface area contributed by atoms with Crippen LogP contribution in [0.3, 0.4) is 0 Å². The van der Waals surface area contributed by atoms with E-state index in [0.29, 0.717) is 12.4 Å². The zero-order valence-electron chi connectivity index (χ0n) is 19.7. The third kappa shape index (κ3) is 5.05. The predicted molar refractivity (Wildman–Crippen MR) is 136 cm³/mol. The van der Waals surface area contributed by atoms with Crippen molar-refractivity contribution >= 4 is 11.3 Å². The summed E-state index contributed by atoms with van der Waals surface area (Å²) < 4.78 is 8.02. The van der Waals surface area contributed by atoms with Gasteiger partial charge in [-0.2, -0.15) is 5.10 Å². The van der Waals surface area contributed by atoms with Crippen LogP contribution in [-0.4, -0.2) is 64.2 Å². The number of anilines is 1. The van der Waals surface area contributed by atoms with Crippen molar-refractivity contribution in [1.29, 1.82) is 0 Å². The molecule has 0 amide bonds. The molecule has 0 bridgehead atoms. The molecule has 0 saturated carbocycles. The lowest BCUT2D eigenvalue weighted by molar-refractivity contribution is 0.153. The number of nitrogen functional groups attached to an aromatic ring is 1. The highest BCUT2D eigenvalue weighted by Gasteiger charge is 2.17. The number of piperazine rings is 1. The van der Waals surface area contributed by atoms with Crippen LogP contribution in [0.2, 0.25) is 0 Å². The molecule has 34 heavy (non-hydrogen) atoms. The lowest BCUT2D eigenvalue weighted by Gasteiger charge is -2.32. The molecule has 176 valence electrons. The second kappa shape index (κ2) is 10.2. The Morgan fingerprint density at radius 3 is 2.62 bits per heavy atom. The Labute approximate surface area is 200 Å². The number of ether oxygens (including phenoxy) is 1. The van der Waals surface area contributed by atoms with Crippen LogP contribution in [0.4, 0.5) is 5.82 Å². The third-order valence-corrected chi connectivity index (χ3v) is 6.55. The number of likely N-dealkylation sites (N-methyl/N-ethyl adjacent to an activating group) is 1. The van der Waals surface area contributed by atoms with E-state index >= 15 is 0 Å². The van der Waals surface area contributed by atoms with Gasteiger partial charge in [0, 0.05) is 37.4 Å². The molecule has 2 aromatic carbocycles. The second-order valence-electron chi connectivity index (χ2n) is 9.01. The number of rotatable bonds is 8. The average molecular weight is 457 g/mol. The van der Waals surface area contributed by atoms with Crippen molar-refractivity contribution in [2.75, 3.05) is 45.5 Å². The van der Waals surface area contributed by atoms with E-state index < -0.39 is 0 Å². The Hall–Kier alpha value is -3.42. The molecule has 7 heteroatoms. The second-order valence-corrected chi connectivity index (χ2v) is 9.01. The lowest BCUT2D eigenvalue weighted by Crippen LogP contribution is -2.44. The zero-order chi connectivity index (χ0) is 23.3. The molecule has 4 aromatic rings. The van der Waals surface area contributed by atoms with Crippen LogP contribution in [0.5, 0.6) is 5.75 Å². The van der Waals surface area contributed by atoms with E-state index in [1.54, 1.807) is 0 Å². The average Bonchev–Trinajstić information content (AvgIpc) is 3.25. The molecule has 5 rings (SSSR count). The van der Waals surface area contributed by atoms with Crippen molar-refractivity contribution in [2.24, 2.45) is 0 Å². The van der Waals surface area contributed by atoms with Crippen LogP contribution in [0, 0.1) is 0 Å². The number of nitrogens with two attached hydrogens (primary N) is 1. The minimum atomic E-state index is 0.492. The number of aryl methyl sites for hydroxylation is 1. The summed E-state index contributed by atoms with van der Waals surface area (Å²) in [5.74, 6) is 1.32. The molecular formula is C27H32N6O. The summed E-state index contributed by atoms with van der Waals surface area (Å²) in [5, 5.41) is 4.54. The molecule has 2 aromatic heterocycles. The minimum Gasteiger partial charge on any atom is -0.489 e. The van der Waals surface area contributed by atoms with E-state index in [0.717, 1.165) is 79.2 Å². The van der Waals surface area contributed by atoms with E-state index in [-0.39, 0.29) is 0 Å². The number of hydrogen-bond acceptors (Lipinski definition) is 6. The molecule has 0 aliphatic carbocycles. The molecule has 0 radical (unpaired) electrons. The van der Waals surface area contributed by atoms with Crippen LogP contribution >= 0.6 is 0 Å². The van der Waals surface area contributed by atoms with Gasteiger partial charge >= 0.3 is 0 Å². The van der Waals surface area contributed by atoms with Crippen LogP contribution in [0.25, 0.3) is 16.6 Å². The number of nitrogens with zero attached hydrogens (tertiary/aromatic N) is 5. The molecular weight excluding hydrogens is 424 g/mol. The Kier molecular flexibility index (Phi) is 6.74. The van der Waals surface area contributed by atoms with Gasteiger partial charge in [0.25, 0.3) is 0 Å². The maximum absolute atomic E-state index is 6.32. The molecule has 1 fully saturated rings. The predicted octanol–water partition coefficient (Wildman–Crippen LogP) is 3.74. The number of hydrogen-bond donors (Lipinski definition) is 1. The van der Waals surface area contributed by atoms with Gasteiger partial charge in [0.2, 0.25) is 0 Å². The van der Waals surface area contributed by atoms with Crippen molar-refractivity contribution in [3.8, 4) is 16.9 Å². The van der Waals surface area contributed by atoms with E-state index in [1.807, 2.05) is 34.8 Å². The van der Waals surface area contributed by atoms with Crippen molar-refractivity contribution < 1.29 is 4.74 Å². The van der Waals surface area contributed by atoms with Crippen molar-refractivity contribution in [3.05, 3.63) is 78.2 Å². The molecule has 1 aliphatic rings. The van der Waals surface area contributed by atoms with Crippen LogP contribution in [-0.2, 0) is 13.0 Å². The van der Waals surface area contributed by atoms with Crippen LogP contribution < -0.4 is 10.5 Å². The molecule has 1 saturated heterocycles.